The number of carboxylic acid groups (broad SMARTS) is 1. The van der Waals surface area contributed by atoms with Crippen molar-refractivity contribution in [2.45, 2.75) is 0 Å². The van der Waals surface area contributed by atoms with E-state index in [4.69, 9.17) is 0 Å². The van der Waals surface area contributed by atoms with Gasteiger partial charge in [-0.25, -0.2) is 0 Å². The van der Waals surface area contributed by atoms with E-state index in [2.05, 4.69) is 13.2 Å². The Kier molecular flexibility index (Phi) is 6.91. The minimum Gasteiger partial charge on any atom is -0.545 e. The Morgan fingerprint density at radius 1 is 1.62 bits per heavy atom. The second-order valence-electron chi connectivity index (χ2n) is 1.02. The molecule has 3 heteroatoms. The summed E-state index contributed by atoms with van der Waals surface area (Å²) in [5, 5.41) is 9.65. The third-order valence-corrected chi connectivity index (χ3v) is 0.509. The topological polar surface area (TPSA) is 40.1 Å². The first-order chi connectivity index (χ1) is 3.18. The van der Waals surface area contributed by atoms with Crippen molar-refractivity contribution < 1.29 is 39.5 Å². The van der Waals surface area contributed by atoms with Crippen LogP contribution < -0.4 is 34.7 Å². The number of hydrogen-bond donors (Lipinski definition) is 0. The molecular weight excluding hydrogens is 115 g/mol. The minimum atomic E-state index is -1.27. The molecule has 0 fully saturated rings. The summed E-state index contributed by atoms with van der Waals surface area (Å²) < 4.78 is 0. The van der Waals surface area contributed by atoms with Crippen molar-refractivity contribution in [3.8, 4) is 0 Å². The molecule has 0 aromatic rings. The van der Waals surface area contributed by atoms with Crippen LogP contribution in [0.3, 0.4) is 0 Å². The first-order valence-electron chi connectivity index (χ1n) is 1.71. The monoisotopic (exact) mass is 120 g/mol. The Morgan fingerprint density at radius 3 is 2.00 bits per heavy atom. The molecule has 0 aliphatic heterocycles. The zero-order valence-electron chi connectivity index (χ0n) is 4.81. The molecule has 8 heavy (non-hydrogen) atoms. The number of aliphatic carboxylic acids is 1. The predicted molar refractivity (Wildman–Crippen MR) is 24.3 cm³/mol. The van der Waals surface area contributed by atoms with Crippen LogP contribution in [-0.4, -0.2) is 5.97 Å². The molecule has 0 aliphatic carbocycles. The zero-order valence-corrected chi connectivity index (χ0v) is 6.81. The average molecular weight is 120 g/mol. The Bertz CT molecular complexity index is 118. The van der Waals surface area contributed by atoms with Crippen LogP contribution in [0.5, 0.6) is 0 Å². The van der Waals surface area contributed by atoms with E-state index in [1.54, 1.807) is 0 Å². The van der Waals surface area contributed by atoms with Gasteiger partial charge in [-0.15, -0.1) is 0 Å². The molecule has 0 saturated carbocycles. The Morgan fingerprint density at radius 2 is 2.00 bits per heavy atom. The first kappa shape index (κ1) is 10.8. The van der Waals surface area contributed by atoms with Crippen molar-refractivity contribution in [2.75, 3.05) is 0 Å². The van der Waals surface area contributed by atoms with E-state index < -0.39 is 5.97 Å². The van der Waals surface area contributed by atoms with Crippen LogP contribution in [0, 0.1) is 0 Å². The molecule has 0 atom stereocenters. The quantitative estimate of drug-likeness (QED) is 0.215. The second-order valence-corrected chi connectivity index (χ2v) is 1.02. The van der Waals surface area contributed by atoms with Crippen LogP contribution in [0.15, 0.2) is 24.8 Å². The van der Waals surface area contributed by atoms with E-state index >= 15 is 0 Å². The summed E-state index contributed by atoms with van der Waals surface area (Å²) >= 11 is 0. The molecule has 0 aliphatic rings. The molecule has 0 unspecified atom stereocenters. The minimum absolute atomic E-state index is 0. The number of carboxylic acids is 1. The molecular formula is C5H5NaO2. The first-order valence-corrected chi connectivity index (χ1v) is 1.71. The third kappa shape index (κ3) is 4.12. The zero-order chi connectivity index (χ0) is 5.86. The summed E-state index contributed by atoms with van der Waals surface area (Å²) in [6, 6.07) is 0. The maximum atomic E-state index is 9.65. The van der Waals surface area contributed by atoms with Crippen LogP contribution in [-0.2, 0) is 4.79 Å². The van der Waals surface area contributed by atoms with Crippen molar-refractivity contribution in [3.63, 3.8) is 0 Å². The van der Waals surface area contributed by atoms with Crippen LogP contribution in [0.4, 0.5) is 0 Å². The van der Waals surface area contributed by atoms with Crippen molar-refractivity contribution in [2.24, 2.45) is 0 Å². The van der Waals surface area contributed by atoms with Gasteiger partial charge in [0.25, 0.3) is 0 Å². The van der Waals surface area contributed by atoms with E-state index in [-0.39, 0.29) is 35.1 Å². The molecule has 0 N–H and O–H groups in total. The van der Waals surface area contributed by atoms with Gasteiger partial charge in [0.1, 0.15) is 0 Å². The molecule has 0 spiro atoms. The Balaban J connectivity index is 0. The summed E-state index contributed by atoms with van der Waals surface area (Å²) in [4.78, 5) is 9.65. The molecule has 0 amide bonds. The van der Waals surface area contributed by atoms with Gasteiger partial charge < -0.3 is 9.90 Å². The van der Waals surface area contributed by atoms with Gasteiger partial charge >= 0.3 is 29.6 Å². The second kappa shape index (κ2) is 5.09. The predicted octanol–water partition coefficient (Wildman–Crippen LogP) is -3.52. The van der Waals surface area contributed by atoms with Gasteiger partial charge in [0.15, 0.2) is 0 Å². The van der Waals surface area contributed by atoms with Gasteiger partial charge in [0.2, 0.25) is 0 Å². The van der Waals surface area contributed by atoms with Crippen molar-refractivity contribution >= 4 is 5.97 Å². The molecule has 0 saturated heterocycles. The van der Waals surface area contributed by atoms with E-state index in [1.807, 2.05) is 0 Å². The van der Waals surface area contributed by atoms with E-state index in [0.29, 0.717) is 0 Å². The summed E-state index contributed by atoms with van der Waals surface area (Å²) in [7, 11) is 0. The van der Waals surface area contributed by atoms with Crippen molar-refractivity contribution in [1.29, 1.82) is 0 Å². The van der Waals surface area contributed by atoms with Gasteiger partial charge in [-0.2, -0.15) is 0 Å². The molecule has 0 aromatic carbocycles. The normalized spacial score (nSPS) is 6.50. The van der Waals surface area contributed by atoms with Crippen molar-refractivity contribution in [3.05, 3.63) is 24.8 Å². The maximum absolute atomic E-state index is 9.65. The van der Waals surface area contributed by atoms with Crippen LogP contribution in [0.25, 0.3) is 0 Å². The summed E-state index contributed by atoms with van der Waals surface area (Å²) in [6.45, 7) is 6.25. The summed E-state index contributed by atoms with van der Waals surface area (Å²) in [6.07, 6.45) is 1.13. The molecule has 38 valence electrons. The Hall–Kier alpha value is -0.0500. The van der Waals surface area contributed by atoms with Gasteiger partial charge in [0.05, 0.1) is 5.97 Å². The standard InChI is InChI=1S/C5H6O2.Na/c1-3-4(2)5(6)7;/h3H,1-2H2,(H,6,7);/q;+1/p-1. The average Bonchev–Trinajstić information content (AvgIpc) is 1.65. The van der Waals surface area contributed by atoms with Crippen LogP contribution >= 0.6 is 0 Å². The van der Waals surface area contributed by atoms with E-state index in [9.17, 15) is 9.90 Å². The van der Waals surface area contributed by atoms with Crippen LogP contribution in [0.2, 0.25) is 0 Å². The fourth-order valence-corrected chi connectivity index (χ4v) is 0.0833. The van der Waals surface area contributed by atoms with Crippen LogP contribution in [0.1, 0.15) is 0 Å². The molecule has 0 bridgehead atoms. The van der Waals surface area contributed by atoms with Gasteiger partial charge in [0, 0.05) is 0 Å². The molecule has 0 radical (unpaired) electrons. The van der Waals surface area contributed by atoms with Crippen molar-refractivity contribution in [1.82, 2.24) is 0 Å². The summed E-state index contributed by atoms with van der Waals surface area (Å²) in [5.74, 6) is -1.27. The van der Waals surface area contributed by atoms with E-state index in [0.717, 1.165) is 6.08 Å². The number of hydrogen-bond acceptors (Lipinski definition) is 2. The summed E-state index contributed by atoms with van der Waals surface area (Å²) in [5.41, 5.74) is -0.0833. The van der Waals surface area contributed by atoms with Gasteiger partial charge in [-0.05, 0) is 5.57 Å². The SMILES string of the molecule is C=CC(=C)C(=O)[O-].[Na+]. The molecule has 0 rings (SSSR count). The van der Waals surface area contributed by atoms with Gasteiger partial charge in [-0.3, -0.25) is 0 Å². The molecule has 2 nitrogen and oxygen atoms in total. The molecule has 0 heterocycles. The maximum Gasteiger partial charge on any atom is 1.00 e. The molecule has 0 aromatic heterocycles. The smallest absolute Gasteiger partial charge is 0.545 e. The number of rotatable bonds is 2. The third-order valence-electron chi connectivity index (χ3n) is 0.509. The van der Waals surface area contributed by atoms with E-state index in [1.165, 1.54) is 0 Å². The number of carbonyl (C=O) groups is 1. The number of carbonyl (C=O) groups excluding carboxylic acids is 1. The Labute approximate surface area is 70.2 Å². The fourth-order valence-electron chi connectivity index (χ4n) is 0.0833. The van der Waals surface area contributed by atoms with Gasteiger partial charge in [-0.1, -0.05) is 19.2 Å². The fraction of sp³-hybridized carbons (Fsp3) is 0. The largest absolute Gasteiger partial charge is 1.00 e.